The second kappa shape index (κ2) is 13.7. The maximum absolute atomic E-state index is 13.0. The molecule has 1 fully saturated rings. The quantitative estimate of drug-likeness (QED) is 0.418. The Morgan fingerprint density at radius 3 is 2.43 bits per heavy atom. The number of amides is 1. The van der Waals surface area contributed by atoms with E-state index in [1.165, 1.54) is 37.5 Å². The number of halogens is 2. The smallest absolute Gasteiger partial charge is 0.280 e. The summed E-state index contributed by atoms with van der Waals surface area (Å²) in [6.45, 7) is 7.75. The van der Waals surface area contributed by atoms with Gasteiger partial charge in [0, 0.05) is 31.5 Å². The topological polar surface area (TPSA) is 88.8 Å². The van der Waals surface area contributed by atoms with Gasteiger partial charge in [-0.3, -0.25) is 4.79 Å². The lowest BCUT2D eigenvalue weighted by atomic mass is 9.87. The number of anilines is 1. The van der Waals surface area contributed by atoms with Crippen molar-refractivity contribution in [3.05, 3.63) is 53.6 Å². The summed E-state index contributed by atoms with van der Waals surface area (Å²) in [6.07, 6.45) is 6.71. The molecule has 4 rings (SSSR count). The van der Waals surface area contributed by atoms with Crippen LogP contribution in [0.1, 0.15) is 93.9 Å². The number of nitrogens with zero attached hydrogens (tertiary/aromatic N) is 3. The molecule has 1 aliphatic rings. The molecule has 3 heterocycles. The van der Waals surface area contributed by atoms with Crippen molar-refractivity contribution in [3.8, 4) is 5.75 Å². The summed E-state index contributed by atoms with van der Waals surface area (Å²) in [4.78, 5) is 21.6. The summed E-state index contributed by atoms with van der Waals surface area (Å²) in [5.74, 6) is 0.406. The minimum atomic E-state index is -2.71. The van der Waals surface area contributed by atoms with Crippen LogP contribution in [0.25, 0.3) is 5.65 Å². The number of ether oxygens (including phenoxy) is 1. The highest BCUT2D eigenvalue weighted by Gasteiger charge is 2.21. The van der Waals surface area contributed by atoms with Crippen LogP contribution in [0, 0.1) is 0 Å². The second-order valence-electron chi connectivity index (χ2n) is 8.19. The number of alkyl halides is 2. The highest BCUT2D eigenvalue weighted by atomic mass is 19.3. The Balaban J connectivity index is 0.00000103. The largest absolute Gasteiger partial charge is 0.490 e. The van der Waals surface area contributed by atoms with Crippen molar-refractivity contribution in [1.29, 1.82) is 0 Å². The lowest BCUT2D eigenvalue weighted by Gasteiger charge is -2.19. The molecule has 0 saturated heterocycles. The lowest BCUT2D eigenvalue weighted by molar-refractivity contribution is 0.101. The van der Waals surface area contributed by atoms with Gasteiger partial charge in [0.25, 0.3) is 12.3 Å². The van der Waals surface area contributed by atoms with Crippen molar-refractivity contribution in [1.82, 2.24) is 14.4 Å². The second-order valence-corrected chi connectivity index (χ2v) is 8.19. The van der Waals surface area contributed by atoms with Gasteiger partial charge in [0.05, 0.1) is 17.4 Å². The minimum Gasteiger partial charge on any atom is -0.490 e. The summed E-state index contributed by atoms with van der Waals surface area (Å²) < 4.78 is 33.6. The fourth-order valence-electron chi connectivity index (χ4n) is 3.98. The van der Waals surface area contributed by atoms with Gasteiger partial charge in [-0.1, -0.05) is 39.2 Å². The highest BCUT2D eigenvalue weighted by Crippen LogP contribution is 2.33. The third-order valence-corrected chi connectivity index (χ3v) is 5.44. The van der Waals surface area contributed by atoms with E-state index in [9.17, 15) is 13.6 Å². The van der Waals surface area contributed by atoms with Crippen LogP contribution >= 0.6 is 0 Å². The molecule has 0 aliphatic heterocycles. The Bertz CT molecular complexity index is 1080. The van der Waals surface area contributed by atoms with Crippen LogP contribution in [0.3, 0.4) is 0 Å². The first-order chi connectivity index (χ1) is 16.9. The Labute approximate surface area is 205 Å². The number of nitrogens with one attached hydrogen (secondary N) is 1. The molecule has 7 nitrogen and oxygen atoms in total. The zero-order valence-corrected chi connectivity index (χ0v) is 21.1. The molecule has 35 heavy (non-hydrogen) atoms. The van der Waals surface area contributed by atoms with Gasteiger partial charge in [-0.2, -0.15) is 0 Å². The van der Waals surface area contributed by atoms with E-state index in [2.05, 4.69) is 10.3 Å². The monoisotopic (exact) mass is 490 g/mol. The normalized spacial score (nSPS) is 13.7. The summed E-state index contributed by atoms with van der Waals surface area (Å²) in [7, 11) is 1.00. The van der Waals surface area contributed by atoms with E-state index in [1.807, 2.05) is 38.3 Å². The molecule has 1 saturated carbocycles. The molecule has 192 valence electrons. The van der Waals surface area contributed by atoms with Gasteiger partial charge in [0.2, 0.25) is 0 Å². The van der Waals surface area contributed by atoms with Gasteiger partial charge in [-0.05, 0) is 38.8 Å². The van der Waals surface area contributed by atoms with Crippen LogP contribution in [-0.4, -0.2) is 38.6 Å². The number of rotatable bonds is 6. The Morgan fingerprint density at radius 1 is 1.11 bits per heavy atom. The van der Waals surface area contributed by atoms with Crippen LogP contribution in [0.5, 0.6) is 5.75 Å². The molecule has 0 spiro atoms. The zero-order chi connectivity index (χ0) is 26.0. The number of hydrogen-bond donors (Lipinski definition) is 2. The molecule has 0 aromatic carbocycles. The standard InChI is InChI=1S/C23H26F2N4O2.C2H6.CH4O/c1-14(2)31-19-11-21-27-18(15-7-4-3-5-8-15)13-29(21)12-16(19)23(30)28-20-10-6-9-17(26-20)22(24)25;2*1-2/h6,9-15,22H,3-5,7-8H2,1-2H3,(H,26,28,30);1-2H3;2H,1H3. The van der Waals surface area contributed by atoms with Gasteiger partial charge in [0.15, 0.2) is 0 Å². The maximum Gasteiger partial charge on any atom is 0.280 e. The number of fused-ring (bicyclic) bond motifs is 1. The summed E-state index contributed by atoms with van der Waals surface area (Å²) in [6, 6.07) is 5.89. The van der Waals surface area contributed by atoms with E-state index in [1.54, 1.807) is 12.3 Å². The molecule has 0 unspecified atom stereocenters. The van der Waals surface area contributed by atoms with Gasteiger partial charge in [-0.15, -0.1) is 0 Å². The van der Waals surface area contributed by atoms with Crippen LogP contribution in [-0.2, 0) is 0 Å². The van der Waals surface area contributed by atoms with Crippen LogP contribution in [0.2, 0.25) is 0 Å². The molecule has 0 atom stereocenters. The molecule has 1 amide bonds. The van der Waals surface area contributed by atoms with E-state index < -0.39 is 18.0 Å². The predicted molar refractivity (Wildman–Crippen MR) is 133 cm³/mol. The number of aromatic nitrogens is 3. The van der Waals surface area contributed by atoms with Gasteiger partial charge >= 0.3 is 0 Å². The minimum absolute atomic E-state index is 0.0620. The summed E-state index contributed by atoms with van der Waals surface area (Å²) in [5, 5.41) is 9.60. The van der Waals surface area contributed by atoms with Crippen molar-refractivity contribution in [2.24, 2.45) is 0 Å². The highest BCUT2D eigenvalue weighted by molar-refractivity contribution is 6.05. The van der Waals surface area contributed by atoms with E-state index in [4.69, 9.17) is 14.8 Å². The molecular weight excluding hydrogens is 454 g/mol. The fourth-order valence-corrected chi connectivity index (χ4v) is 3.98. The third-order valence-electron chi connectivity index (χ3n) is 5.44. The average molecular weight is 491 g/mol. The van der Waals surface area contributed by atoms with E-state index in [-0.39, 0.29) is 17.5 Å². The number of aliphatic hydroxyl groups excluding tert-OH is 1. The van der Waals surface area contributed by atoms with Crippen LogP contribution < -0.4 is 10.1 Å². The predicted octanol–water partition coefficient (Wildman–Crippen LogP) is 6.39. The first kappa shape index (κ1) is 28.2. The molecule has 3 aromatic rings. The molecule has 2 N–H and O–H groups in total. The first-order valence-electron chi connectivity index (χ1n) is 12.1. The lowest BCUT2D eigenvalue weighted by Crippen LogP contribution is -2.17. The average Bonchev–Trinajstić information content (AvgIpc) is 3.29. The number of hydrogen-bond acceptors (Lipinski definition) is 5. The summed E-state index contributed by atoms with van der Waals surface area (Å²) >= 11 is 0. The molecule has 0 radical (unpaired) electrons. The molecular formula is C26H36F2N4O3. The third kappa shape index (κ3) is 7.45. The van der Waals surface area contributed by atoms with Crippen molar-refractivity contribution < 1.29 is 23.4 Å². The SMILES string of the molecule is CC.CC(C)Oc1cc2nc(C3CCCCC3)cn2cc1C(=O)Nc1cccc(C(F)F)n1.CO. The fraction of sp³-hybridized carbons (Fsp3) is 0.500. The molecule has 9 heteroatoms. The van der Waals surface area contributed by atoms with Crippen LogP contribution in [0.4, 0.5) is 14.6 Å². The number of imidazole rings is 1. The van der Waals surface area contributed by atoms with Crippen LogP contribution in [0.15, 0.2) is 36.7 Å². The maximum atomic E-state index is 13.0. The summed E-state index contributed by atoms with van der Waals surface area (Å²) in [5.41, 5.74) is 1.64. The van der Waals surface area contributed by atoms with Crippen molar-refractivity contribution in [2.45, 2.75) is 78.2 Å². The Morgan fingerprint density at radius 2 is 1.80 bits per heavy atom. The number of pyridine rings is 2. The number of carbonyl (C=O) groups is 1. The molecule has 1 aliphatic carbocycles. The number of carbonyl (C=O) groups excluding carboxylic acids is 1. The zero-order valence-electron chi connectivity index (χ0n) is 21.1. The molecule has 3 aromatic heterocycles. The van der Waals surface area contributed by atoms with E-state index >= 15 is 0 Å². The van der Waals surface area contributed by atoms with Crippen molar-refractivity contribution >= 4 is 17.4 Å². The Kier molecular flexibility index (Phi) is 11.0. The van der Waals surface area contributed by atoms with Crippen molar-refractivity contribution in [3.63, 3.8) is 0 Å². The van der Waals surface area contributed by atoms with Gasteiger partial charge in [-0.25, -0.2) is 18.7 Å². The van der Waals surface area contributed by atoms with Gasteiger partial charge < -0.3 is 19.6 Å². The van der Waals surface area contributed by atoms with Gasteiger partial charge in [0.1, 0.15) is 22.9 Å². The number of aliphatic hydroxyl groups is 1. The van der Waals surface area contributed by atoms with Crippen molar-refractivity contribution in [2.75, 3.05) is 12.4 Å². The Hall–Kier alpha value is -3.07. The van der Waals surface area contributed by atoms with E-state index in [0.29, 0.717) is 17.3 Å². The van der Waals surface area contributed by atoms with E-state index in [0.717, 1.165) is 25.6 Å². The first-order valence-corrected chi connectivity index (χ1v) is 12.1. The molecule has 0 bridgehead atoms.